The monoisotopic (exact) mass is 225 g/mol. The predicted octanol–water partition coefficient (Wildman–Crippen LogP) is 2.74. The second-order valence-electron chi connectivity index (χ2n) is 4.74. The van der Waals surface area contributed by atoms with Gasteiger partial charge in [0, 0.05) is 18.9 Å². The first kappa shape index (κ1) is 13.2. The van der Waals surface area contributed by atoms with Crippen LogP contribution in [0.5, 0.6) is 0 Å². The van der Waals surface area contributed by atoms with Crippen LogP contribution in [0.25, 0.3) is 0 Å². The van der Waals surface area contributed by atoms with Crippen molar-refractivity contribution in [3.05, 3.63) is 0 Å². The highest BCUT2D eigenvalue weighted by atomic mass is 16.2. The molecule has 0 aliphatic carbocycles. The van der Waals surface area contributed by atoms with Crippen LogP contribution in [0.15, 0.2) is 0 Å². The van der Waals surface area contributed by atoms with E-state index in [0.717, 1.165) is 19.3 Å². The summed E-state index contributed by atoms with van der Waals surface area (Å²) >= 11 is 0. The third-order valence-corrected chi connectivity index (χ3v) is 3.27. The van der Waals surface area contributed by atoms with Gasteiger partial charge in [0.15, 0.2) is 0 Å². The molecular formula is C13H23NO2. The lowest BCUT2D eigenvalue weighted by molar-refractivity contribution is -0.143. The quantitative estimate of drug-likeness (QED) is 0.652. The Kier molecular flexibility index (Phi) is 5.50. The van der Waals surface area contributed by atoms with Gasteiger partial charge in [-0.25, -0.2) is 0 Å². The number of amides is 2. The summed E-state index contributed by atoms with van der Waals surface area (Å²) < 4.78 is 0. The third-order valence-electron chi connectivity index (χ3n) is 3.27. The zero-order valence-corrected chi connectivity index (χ0v) is 10.5. The number of nitrogens with zero attached hydrogens (tertiary/aromatic N) is 1. The highest BCUT2D eigenvalue weighted by Crippen LogP contribution is 2.18. The fourth-order valence-electron chi connectivity index (χ4n) is 2.08. The summed E-state index contributed by atoms with van der Waals surface area (Å²) in [4.78, 5) is 24.8. The molecule has 2 amide bonds. The Morgan fingerprint density at radius 1 is 1.31 bits per heavy atom. The van der Waals surface area contributed by atoms with Crippen molar-refractivity contribution in [2.45, 2.75) is 58.8 Å². The van der Waals surface area contributed by atoms with E-state index >= 15 is 0 Å². The fourth-order valence-corrected chi connectivity index (χ4v) is 2.08. The molecular weight excluding hydrogens is 202 g/mol. The molecule has 0 aromatic rings. The van der Waals surface area contributed by atoms with Crippen molar-refractivity contribution >= 4 is 11.8 Å². The van der Waals surface area contributed by atoms with Crippen molar-refractivity contribution in [1.29, 1.82) is 0 Å². The zero-order valence-electron chi connectivity index (χ0n) is 10.5. The Labute approximate surface area is 98.2 Å². The van der Waals surface area contributed by atoms with Gasteiger partial charge >= 0.3 is 0 Å². The zero-order chi connectivity index (χ0) is 12.0. The maximum atomic E-state index is 11.7. The van der Waals surface area contributed by atoms with E-state index in [4.69, 9.17) is 0 Å². The molecule has 0 radical (unpaired) electrons. The van der Waals surface area contributed by atoms with E-state index in [1.807, 2.05) is 6.92 Å². The number of imide groups is 1. The van der Waals surface area contributed by atoms with Crippen LogP contribution in [0, 0.1) is 5.92 Å². The largest absolute Gasteiger partial charge is 0.282 e. The van der Waals surface area contributed by atoms with Crippen molar-refractivity contribution in [3.8, 4) is 0 Å². The Morgan fingerprint density at radius 2 is 2.00 bits per heavy atom. The maximum Gasteiger partial charge on any atom is 0.232 e. The fraction of sp³-hybridized carbons (Fsp3) is 0.846. The summed E-state index contributed by atoms with van der Waals surface area (Å²) in [5.41, 5.74) is 0. The van der Waals surface area contributed by atoms with Gasteiger partial charge < -0.3 is 0 Å². The van der Waals surface area contributed by atoms with Gasteiger partial charge in [0.1, 0.15) is 0 Å². The summed E-state index contributed by atoms with van der Waals surface area (Å²) in [6.45, 7) is 4.71. The van der Waals surface area contributed by atoms with Gasteiger partial charge in [-0.15, -0.1) is 0 Å². The molecule has 1 atom stereocenters. The van der Waals surface area contributed by atoms with Crippen LogP contribution in [-0.2, 0) is 9.59 Å². The molecule has 1 saturated heterocycles. The van der Waals surface area contributed by atoms with Crippen molar-refractivity contribution in [2.24, 2.45) is 5.92 Å². The highest BCUT2D eigenvalue weighted by molar-refractivity contribution is 5.97. The van der Waals surface area contributed by atoms with Crippen LogP contribution in [-0.4, -0.2) is 23.3 Å². The normalized spacial score (nSPS) is 20.5. The number of rotatable bonds is 6. The van der Waals surface area contributed by atoms with Gasteiger partial charge in [-0.3, -0.25) is 14.5 Å². The first-order valence-electron chi connectivity index (χ1n) is 6.51. The van der Waals surface area contributed by atoms with Gasteiger partial charge in [0.05, 0.1) is 0 Å². The average Bonchev–Trinajstić information content (AvgIpc) is 2.59. The summed E-state index contributed by atoms with van der Waals surface area (Å²) in [5.74, 6) is 0.105. The molecule has 0 saturated carbocycles. The van der Waals surface area contributed by atoms with E-state index in [2.05, 4.69) is 6.92 Å². The van der Waals surface area contributed by atoms with Crippen LogP contribution in [0.3, 0.4) is 0 Å². The first-order valence-corrected chi connectivity index (χ1v) is 6.51. The Morgan fingerprint density at radius 3 is 2.56 bits per heavy atom. The second-order valence-corrected chi connectivity index (χ2v) is 4.74. The number of carbonyl (C=O) groups excluding carboxylic acids is 2. The molecule has 1 unspecified atom stereocenters. The van der Waals surface area contributed by atoms with Crippen LogP contribution < -0.4 is 0 Å². The molecule has 0 aromatic heterocycles. The van der Waals surface area contributed by atoms with Crippen molar-refractivity contribution in [2.75, 3.05) is 6.54 Å². The van der Waals surface area contributed by atoms with Crippen molar-refractivity contribution < 1.29 is 9.59 Å². The first-order chi connectivity index (χ1) is 7.66. The number of likely N-dealkylation sites (tertiary alicyclic amines) is 1. The predicted molar refractivity (Wildman–Crippen MR) is 63.9 cm³/mol. The lowest BCUT2D eigenvalue weighted by Gasteiger charge is -2.13. The Hall–Kier alpha value is -0.860. The van der Waals surface area contributed by atoms with Crippen molar-refractivity contribution in [1.82, 2.24) is 4.90 Å². The molecule has 1 fully saturated rings. The summed E-state index contributed by atoms with van der Waals surface area (Å²) in [6.07, 6.45) is 7.08. The molecule has 1 aliphatic heterocycles. The smallest absolute Gasteiger partial charge is 0.232 e. The number of hydrogen-bond acceptors (Lipinski definition) is 2. The molecule has 3 nitrogen and oxygen atoms in total. The lowest BCUT2D eigenvalue weighted by Crippen LogP contribution is -2.33. The molecule has 0 spiro atoms. The Bertz CT molecular complexity index is 250. The number of unbranched alkanes of at least 4 members (excludes halogenated alkanes) is 4. The number of hydrogen-bond donors (Lipinski definition) is 0. The maximum absolute atomic E-state index is 11.7. The molecule has 0 aromatic carbocycles. The van der Waals surface area contributed by atoms with Crippen molar-refractivity contribution in [3.63, 3.8) is 0 Å². The molecule has 16 heavy (non-hydrogen) atoms. The molecule has 1 aliphatic rings. The Balaban J connectivity index is 2.18. The van der Waals surface area contributed by atoms with Gasteiger partial charge in [-0.2, -0.15) is 0 Å². The van der Waals surface area contributed by atoms with E-state index in [9.17, 15) is 9.59 Å². The van der Waals surface area contributed by atoms with E-state index in [-0.39, 0.29) is 17.7 Å². The minimum atomic E-state index is 0.0264. The summed E-state index contributed by atoms with van der Waals surface area (Å²) in [7, 11) is 0. The molecule has 0 N–H and O–H groups in total. The topological polar surface area (TPSA) is 37.4 Å². The van der Waals surface area contributed by atoms with Gasteiger partial charge in [-0.05, 0) is 12.8 Å². The van der Waals surface area contributed by atoms with Gasteiger partial charge in [-0.1, -0.05) is 39.5 Å². The van der Waals surface area contributed by atoms with E-state index in [1.165, 1.54) is 24.2 Å². The standard InChI is InChI=1S/C13H23NO2/c1-3-4-5-6-7-8-12(15)14-10-9-11(2)13(14)16/h11H,3-10H2,1-2H3. The third kappa shape index (κ3) is 3.62. The number of carbonyl (C=O) groups is 2. The van der Waals surface area contributed by atoms with Gasteiger partial charge in [0.2, 0.25) is 11.8 Å². The highest BCUT2D eigenvalue weighted by Gasteiger charge is 2.31. The molecule has 3 heteroatoms. The minimum absolute atomic E-state index is 0.0264. The SMILES string of the molecule is CCCCCCCC(=O)N1CCC(C)C1=O. The second kappa shape index (κ2) is 6.66. The van der Waals surface area contributed by atoms with Crippen LogP contribution in [0.4, 0.5) is 0 Å². The van der Waals surface area contributed by atoms with Crippen LogP contribution in [0.2, 0.25) is 0 Å². The molecule has 92 valence electrons. The van der Waals surface area contributed by atoms with Crippen LogP contribution in [0.1, 0.15) is 58.8 Å². The summed E-state index contributed by atoms with van der Waals surface area (Å²) in [5, 5.41) is 0. The van der Waals surface area contributed by atoms with E-state index < -0.39 is 0 Å². The summed E-state index contributed by atoms with van der Waals surface area (Å²) in [6, 6.07) is 0. The van der Waals surface area contributed by atoms with Crippen LogP contribution >= 0.6 is 0 Å². The average molecular weight is 225 g/mol. The lowest BCUT2D eigenvalue weighted by atomic mass is 10.1. The van der Waals surface area contributed by atoms with Gasteiger partial charge in [0.25, 0.3) is 0 Å². The van der Waals surface area contributed by atoms with E-state index in [0.29, 0.717) is 13.0 Å². The van der Waals surface area contributed by atoms with E-state index in [1.54, 1.807) is 0 Å². The molecule has 1 rings (SSSR count). The molecule has 0 bridgehead atoms. The molecule has 1 heterocycles. The minimum Gasteiger partial charge on any atom is -0.282 e.